The van der Waals surface area contributed by atoms with Crippen molar-refractivity contribution >= 4 is 11.9 Å². The standard InChI is InChI=1S/C9H18N2O4/c1-14-7(6-10)5-8(12)11-4-3-9(13)15-2/h7H,3-6,10H2,1-2H3,(H,11,12). The van der Waals surface area contributed by atoms with Gasteiger partial charge >= 0.3 is 5.97 Å². The molecular weight excluding hydrogens is 200 g/mol. The van der Waals surface area contributed by atoms with Gasteiger partial charge in [-0.2, -0.15) is 0 Å². The third-order valence-electron chi connectivity index (χ3n) is 1.89. The van der Waals surface area contributed by atoms with E-state index in [4.69, 9.17) is 10.5 Å². The number of hydrogen-bond acceptors (Lipinski definition) is 5. The monoisotopic (exact) mass is 218 g/mol. The van der Waals surface area contributed by atoms with Gasteiger partial charge in [0.2, 0.25) is 5.91 Å². The largest absolute Gasteiger partial charge is 0.469 e. The van der Waals surface area contributed by atoms with Gasteiger partial charge in [0, 0.05) is 20.2 Å². The number of nitrogens with one attached hydrogen (secondary N) is 1. The summed E-state index contributed by atoms with van der Waals surface area (Å²) in [6.07, 6.45) is 0.0968. The topological polar surface area (TPSA) is 90.7 Å². The number of esters is 1. The summed E-state index contributed by atoms with van der Waals surface area (Å²) >= 11 is 0. The van der Waals surface area contributed by atoms with Gasteiger partial charge in [0.25, 0.3) is 0 Å². The zero-order chi connectivity index (χ0) is 11.7. The maximum Gasteiger partial charge on any atom is 0.307 e. The number of nitrogens with two attached hydrogens (primary N) is 1. The fraction of sp³-hybridized carbons (Fsp3) is 0.778. The van der Waals surface area contributed by atoms with Crippen molar-refractivity contribution < 1.29 is 19.1 Å². The van der Waals surface area contributed by atoms with Crippen molar-refractivity contribution in [2.45, 2.75) is 18.9 Å². The molecule has 0 spiro atoms. The van der Waals surface area contributed by atoms with Crippen LogP contribution in [0, 0.1) is 0 Å². The zero-order valence-corrected chi connectivity index (χ0v) is 9.12. The molecule has 0 bridgehead atoms. The first kappa shape index (κ1) is 13.9. The lowest BCUT2D eigenvalue weighted by Gasteiger charge is -2.12. The molecule has 15 heavy (non-hydrogen) atoms. The van der Waals surface area contributed by atoms with Crippen molar-refractivity contribution in [2.24, 2.45) is 5.73 Å². The maximum atomic E-state index is 11.2. The van der Waals surface area contributed by atoms with E-state index < -0.39 is 0 Å². The molecule has 0 aromatic heterocycles. The molecule has 1 amide bonds. The Kier molecular flexibility index (Phi) is 7.57. The fourth-order valence-electron chi connectivity index (χ4n) is 0.948. The van der Waals surface area contributed by atoms with Gasteiger partial charge < -0.3 is 20.5 Å². The van der Waals surface area contributed by atoms with Crippen molar-refractivity contribution in [1.82, 2.24) is 5.32 Å². The average Bonchev–Trinajstić information content (AvgIpc) is 2.25. The lowest BCUT2D eigenvalue weighted by Crippen LogP contribution is -2.33. The molecule has 0 fully saturated rings. The van der Waals surface area contributed by atoms with Gasteiger partial charge in [-0.15, -0.1) is 0 Å². The summed E-state index contributed by atoms with van der Waals surface area (Å²) in [4.78, 5) is 22.0. The highest BCUT2D eigenvalue weighted by atomic mass is 16.5. The van der Waals surface area contributed by atoms with Crippen LogP contribution in [0.15, 0.2) is 0 Å². The molecule has 0 aliphatic carbocycles. The highest BCUT2D eigenvalue weighted by molar-refractivity contribution is 5.77. The van der Waals surface area contributed by atoms with E-state index in [1.165, 1.54) is 14.2 Å². The van der Waals surface area contributed by atoms with Gasteiger partial charge in [-0.3, -0.25) is 9.59 Å². The molecule has 88 valence electrons. The van der Waals surface area contributed by atoms with E-state index in [2.05, 4.69) is 10.1 Å². The smallest absolute Gasteiger partial charge is 0.307 e. The Balaban J connectivity index is 3.61. The van der Waals surface area contributed by atoms with Crippen molar-refractivity contribution in [3.05, 3.63) is 0 Å². The minimum atomic E-state index is -0.350. The normalized spacial score (nSPS) is 11.9. The van der Waals surface area contributed by atoms with Crippen LogP contribution in [0.5, 0.6) is 0 Å². The van der Waals surface area contributed by atoms with Crippen LogP contribution in [0.1, 0.15) is 12.8 Å². The van der Waals surface area contributed by atoms with Gasteiger partial charge in [0.15, 0.2) is 0 Å². The number of carbonyl (C=O) groups is 2. The Morgan fingerprint density at radius 3 is 2.53 bits per heavy atom. The summed E-state index contributed by atoms with van der Waals surface area (Å²) in [7, 11) is 2.80. The highest BCUT2D eigenvalue weighted by Crippen LogP contribution is 1.94. The molecule has 0 rings (SSSR count). The molecule has 1 unspecified atom stereocenters. The number of methoxy groups -OCH3 is 2. The van der Waals surface area contributed by atoms with Gasteiger partial charge in [-0.05, 0) is 0 Å². The van der Waals surface area contributed by atoms with Crippen LogP contribution < -0.4 is 11.1 Å². The van der Waals surface area contributed by atoms with Gasteiger partial charge in [-0.1, -0.05) is 0 Å². The number of hydrogen-bond donors (Lipinski definition) is 2. The summed E-state index contributed by atoms with van der Waals surface area (Å²) < 4.78 is 9.36. The predicted octanol–water partition coefficient (Wildman–Crippen LogP) is -0.970. The second-order valence-electron chi connectivity index (χ2n) is 2.97. The van der Waals surface area contributed by atoms with Crippen LogP contribution >= 0.6 is 0 Å². The summed E-state index contributed by atoms with van der Waals surface area (Å²) in [6.45, 7) is 0.563. The minimum Gasteiger partial charge on any atom is -0.469 e. The lowest BCUT2D eigenvalue weighted by molar-refractivity contribution is -0.140. The Morgan fingerprint density at radius 1 is 1.40 bits per heavy atom. The van der Waals surface area contributed by atoms with E-state index in [1.54, 1.807) is 0 Å². The third kappa shape index (κ3) is 6.87. The van der Waals surface area contributed by atoms with E-state index in [-0.39, 0.29) is 37.4 Å². The number of amides is 1. The second-order valence-corrected chi connectivity index (χ2v) is 2.97. The molecular formula is C9H18N2O4. The Hall–Kier alpha value is -1.14. The summed E-state index contributed by atoms with van der Waals surface area (Å²) in [6, 6.07) is 0. The summed E-state index contributed by atoms with van der Waals surface area (Å²) in [5, 5.41) is 2.57. The molecule has 0 aliphatic heterocycles. The Bertz CT molecular complexity index is 204. The minimum absolute atomic E-state index is 0.169. The number of carbonyl (C=O) groups excluding carboxylic acids is 2. The molecule has 0 aromatic rings. The van der Waals surface area contributed by atoms with Crippen molar-refractivity contribution in [3.8, 4) is 0 Å². The molecule has 0 heterocycles. The average molecular weight is 218 g/mol. The van der Waals surface area contributed by atoms with Gasteiger partial charge in [0.05, 0.1) is 26.1 Å². The second kappa shape index (κ2) is 8.19. The van der Waals surface area contributed by atoms with E-state index >= 15 is 0 Å². The van der Waals surface area contributed by atoms with Crippen molar-refractivity contribution in [2.75, 3.05) is 27.3 Å². The van der Waals surface area contributed by atoms with Crippen LogP contribution in [0.3, 0.4) is 0 Å². The third-order valence-corrected chi connectivity index (χ3v) is 1.89. The molecule has 1 atom stereocenters. The fourth-order valence-corrected chi connectivity index (χ4v) is 0.948. The summed E-state index contributed by atoms with van der Waals surface area (Å²) in [5.74, 6) is -0.534. The van der Waals surface area contributed by atoms with Gasteiger partial charge in [-0.25, -0.2) is 0 Å². The first-order chi connectivity index (χ1) is 7.13. The molecule has 0 saturated carbocycles. The van der Waals surface area contributed by atoms with E-state index in [9.17, 15) is 9.59 Å². The SMILES string of the molecule is COC(=O)CCNC(=O)CC(CN)OC. The molecule has 0 aliphatic rings. The van der Waals surface area contributed by atoms with Crippen LogP contribution in [-0.2, 0) is 19.1 Å². The predicted molar refractivity (Wildman–Crippen MR) is 54.1 cm³/mol. The Labute approximate surface area is 89.1 Å². The van der Waals surface area contributed by atoms with E-state index in [0.29, 0.717) is 6.54 Å². The molecule has 6 heteroatoms. The first-order valence-corrected chi connectivity index (χ1v) is 4.70. The quantitative estimate of drug-likeness (QED) is 0.536. The van der Waals surface area contributed by atoms with E-state index in [1.807, 2.05) is 0 Å². The first-order valence-electron chi connectivity index (χ1n) is 4.70. The van der Waals surface area contributed by atoms with Crippen molar-refractivity contribution in [3.63, 3.8) is 0 Å². The zero-order valence-electron chi connectivity index (χ0n) is 9.12. The van der Waals surface area contributed by atoms with E-state index in [0.717, 1.165) is 0 Å². The molecule has 0 saturated heterocycles. The lowest BCUT2D eigenvalue weighted by atomic mass is 10.2. The Morgan fingerprint density at radius 2 is 2.07 bits per heavy atom. The van der Waals surface area contributed by atoms with Crippen LogP contribution in [0.25, 0.3) is 0 Å². The van der Waals surface area contributed by atoms with Crippen molar-refractivity contribution in [1.29, 1.82) is 0 Å². The van der Waals surface area contributed by atoms with Crippen LogP contribution in [-0.4, -0.2) is 45.3 Å². The van der Waals surface area contributed by atoms with Gasteiger partial charge in [0.1, 0.15) is 0 Å². The molecule has 6 nitrogen and oxygen atoms in total. The maximum absolute atomic E-state index is 11.2. The molecule has 0 aromatic carbocycles. The highest BCUT2D eigenvalue weighted by Gasteiger charge is 2.11. The number of ether oxygens (including phenoxy) is 2. The number of rotatable bonds is 7. The van der Waals surface area contributed by atoms with Crippen LogP contribution in [0.2, 0.25) is 0 Å². The van der Waals surface area contributed by atoms with Crippen LogP contribution in [0.4, 0.5) is 0 Å². The molecule has 3 N–H and O–H groups in total. The molecule has 0 radical (unpaired) electrons. The summed E-state index contributed by atoms with van der Waals surface area (Å²) in [5.41, 5.74) is 5.35.